The molecule has 104 valence electrons. The topological polar surface area (TPSA) is 53.3 Å². The number of nitrogens with zero attached hydrogens (tertiary/aromatic N) is 3. The van der Waals surface area contributed by atoms with Crippen molar-refractivity contribution < 1.29 is 5.11 Å². The Morgan fingerprint density at radius 3 is 2.67 bits per heavy atom. The van der Waals surface area contributed by atoms with E-state index in [1.165, 1.54) is 5.56 Å². The average molecular weight is 254 g/mol. The zero-order chi connectivity index (χ0) is 13.5. The van der Waals surface area contributed by atoms with Crippen molar-refractivity contribution in [3.8, 4) is 0 Å². The SMILES string of the molecule is CCCNc1c(CN(CC)CCO)c(C)nn1C. The highest BCUT2D eigenvalue weighted by molar-refractivity contribution is 5.47. The lowest BCUT2D eigenvalue weighted by Gasteiger charge is -2.20. The molecule has 0 aliphatic rings. The van der Waals surface area contributed by atoms with Crippen LogP contribution in [-0.4, -0.2) is 46.0 Å². The van der Waals surface area contributed by atoms with Crippen LogP contribution in [0.25, 0.3) is 0 Å². The average Bonchev–Trinajstić information content (AvgIpc) is 2.61. The van der Waals surface area contributed by atoms with E-state index < -0.39 is 0 Å². The molecule has 1 rings (SSSR count). The Morgan fingerprint density at radius 2 is 2.11 bits per heavy atom. The van der Waals surface area contributed by atoms with Gasteiger partial charge in [0, 0.05) is 32.2 Å². The summed E-state index contributed by atoms with van der Waals surface area (Å²) in [7, 11) is 1.97. The zero-order valence-electron chi connectivity index (χ0n) is 12.0. The van der Waals surface area contributed by atoms with Gasteiger partial charge in [0.25, 0.3) is 0 Å². The summed E-state index contributed by atoms with van der Waals surface area (Å²) < 4.78 is 1.91. The normalized spacial score (nSPS) is 11.2. The van der Waals surface area contributed by atoms with Crippen molar-refractivity contribution in [1.29, 1.82) is 0 Å². The first-order valence-corrected chi connectivity index (χ1v) is 6.73. The highest BCUT2D eigenvalue weighted by Crippen LogP contribution is 2.20. The Morgan fingerprint density at radius 1 is 1.39 bits per heavy atom. The van der Waals surface area contributed by atoms with Crippen LogP contribution in [0.5, 0.6) is 0 Å². The van der Waals surface area contributed by atoms with E-state index in [0.29, 0.717) is 6.54 Å². The first-order chi connectivity index (χ1) is 8.63. The minimum atomic E-state index is 0.199. The monoisotopic (exact) mass is 254 g/mol. The molecule has 5 nitrogen and oxygen atoms in total. The molecule has 2 N–H and O–H groups in total. The molecule has 1 aromatic heterocycles. The largest absolute Gasteiger partial charge is 0.395 e. The molecular formula is C13H26N4O. The third-order valence-corrected chi connectivity index (χ3v) is 3.13. The van der Waals surface area contributed by atoms with Crippen LogP contribution in [-0.2, 0) is 13.6 Å². The third kappa shape index (κ3) is 3.71. The second kappa shape index (κ2) is 7.38. The molecule has 0 amide bonds. The van der Waals surface area contributed by atoms with E-state index in [1.807, 2.05) is 18.7 Å². The first-order valence-electron chi connectivity index (χ1n) is 6.73. The quantitative estimate of drug-likeness (QED) is 0.735. The summed E-state index contributed by atoms with van der Waals surface area (Å²) >= 11 is 0. The van der Waals surface area contributed by atoms with Crippen molar-refractivity contribution in [2.24, 2.45) is 7.05 Å². The Hall–Kier alpha value is -1.07. The maximum Gasteiger partial charge on any atom is 0.128 e. The fourth-order valence-electron chi connectivity index (χ4n) is 2.07. The van der Waals surface area contributed by atoms with Gasteiger partial charge in [-0.15, -0.1) is 0 Å². The van der Waals surface area contributed by atoms with Crippen LogP contribution < -0.4 is 5.32 Å². The zero-order valence-corrected chi connectivity index (χ0v) is 12.0. The summed E-state index contributed by atoms with van der Waals surface area (Å²) in [6.07, 6.45) is 1.10. The number of hydrogen-bond acceptors (Lipinski definition) is 4. The number of aromatic nitrogens is 2. The highest BCUT2D eigenvalue weighted by atomic mass is 16.3. The second-order valence-electron chi connectivity index (χ2n) is 4.56. The van der Waals surface area contributed by atoms with Gasteiger partial charge in [0.05, 0.1) is 12.3 Å². The number of nitrogens with one attached hydrogen (secondary N) is 1. The fraction of sp³-hybridized carbons (Fsp3) is 0.769. The van der Waals surface area contributed by atoms with Gasteiger partial charge in [-0.25, -0.2) is 0 Å². The standard InChI is InChI=1S/C13H26N4O/c1-5-7-14-13-12(11(3)15-16(13)4)10-17(6-2)8-9-18/h14,18H,5-10H2,1-4H3. The summed E-state index contributed by atoms with van der Waals surface area (Å²) in [5.74, 6) is 1.10. The van der Waals surface area contributed by atoms with E-state index in [2.05, 4.69) is 29.2 Å². The number of aliphatic hydroxyl groups is 1. The molecule has 0 saturated carbocycles. The maximum absolute atomic E-state index is 9.05. The van der Waals surface area contributed by atoms with Crippen LogP contribution in [0.15, 0.2) is 0 Å². The smallest absolute Gasteiger partial charge is 0.128 e. The first kappa shape index (κ1) is 15.0. The van der Waals surface area contributed by atoms with E-state index in [1.54, 1.807) is 0 Å². The molecule has 1 heterocycles. The van der Waals surface area contributed by atoms with Crippen molar-refractivity contribution in [1.82, 2.24) is 14.7 Å². The molecular weight excluding hydrogens is 228 g/mol. The second-order valence-corrected chi connectivity index (χ2v) is 4.56. The number of rotatable bonds is 8. The molecule has 0 saturated heterocycles. The van der Waals surface area contributed by atoms with E-state index in [0.717, 1.165) is 37.6 Å². The molecule has 0 aromatic carbocycles. The molecule has 0 bridgehead atoms. The number of hydrogen-bond donors (Lipinski definition) is 2. The van der Waals surface area contributed by atoms with Crippen molar-refractivity contribution >= 4 is 5.82 Å². The van der Waals surface area contributed by atoms with Gasteiger partial charge in [-0.2, -0.15) is 5.10 Å². The minimum absolute atomic E-state index is 0.199. The van der Waals surface area contributed by atoms with E-state index >= 15 is 0 Å². The summed E-state index contributed by atoms with van der Waals surface area (Å²) in [6, 6.07) is 0. The molecule has 0 aliphatic heterocycles. The van der Waals surface area contributed by atoms with Crippen molar-refractivity contribution in [2.45, 2.75) is 33.7 Å². The Balaban J connectivity index is 2.84. The van der Waals surface area contributed by atoms with Gasteiger partial charge in [0.2, 0.25) is 0 Å². The number of likely N-dealkylation sites (N-methyl/N-ethyl adjacent to an activating group) is 1. The maximum atomic E-state index is 9.05. The van der Waals surface area contributed by atoms with Crippen LogP contribution >= 0.6 is 0 Å². The van der Waals surface area contributed by atoms with Gasteiger partial charge in [0.1, 0.15) is 5.82 Å². The summed E-state index contributed by atoms with van der Waals surface area (Å²) in [4.78, 5) is 2.22. The number of aryl methyl sites for hydroxylation is 2. The van der Waals surface area contributed by atoms with Crippen molar-refractivity contribution in [2.75, 3.05) is 31.6 Å². The Labute approximate surface area is 110 Å². The van der Waals surface area contributed by atoms with Crippen LogP contribution in [0, 0.1) is 6.92 Å². The third-order valence-electron chi connectivity index (χ3n) is 3.13. The van der Waals surface area contributed by atoms with Gasteiger partial charge >= 0.3 is 0 Å². The molecule has 1 aromatic rings. The Kier molecular flexibility index (Phi) is 6.15. The number of anilines is 1. The van der Waals surface area contributed by atoms with E-state index in [9.17, 15) is 0 Å². The molecule has 0 spiro atoms. The van der Waals surface area contributed by atoms with Crippen LogP contribution in [0.4, 0.5) is 5.82 Å². The predicted molar refractivity (Wildman–Crippen MR) is 74.8 cm³/mol. The van der Waals surface area contributed by atoms with Gasteiger partial charge in [-0.3, -0.25) is 9.58 Å². The fourth-order valence-corrected chi connectivity index (χ4v) is 2.07. The summed E-state index contributed by atoms with van der Waals surface area (Å²) in [6.45, 7) is 9.94. The molecule has 5 heteroatoms. The van der Waals surface area contributed by atoms with Crippen LogP contribution in [0.3, 0.4) is 0 Å². The van der Waals surface area contributed by atoms with Gasteiger partial charge < -0.3 is 10.4 Å². The molecule has 0 radical (unpaired) electrons. The van der Waals surface area contributed by atoms with Gasteiger partial charge in [0.15, 0.2) is 0 Å². The van der Waals surface area contributed by atoms with Gasteiger partial charge in [-0.1, -0.05) is 13.8 Å². The highest BCUT2D eigenvalue weighted by Gasteiger charge is 2.15. The number of aliphatic hydroxyl groups excluding tert-OH is 1. The molecule has 0 aliphatic carbocycles. The molecule has 0 unspecified atom stereocenters. The lowest BCUT2D eigenvalue weighted by atomic mass is 10.2. The van der Waals surface area contributed by atoms with E-state index in [-0.39, 0.29) is 6.61 Å². The minimum Gasteiger partial charge on any atom is -0.395 e. The Bertz CT molecular complexity index is 362. The van der Waals surface area contributed by atoms with Crippen LogP contribution in [0.1, 0.15) is 31.5 Å². The molecule has 0 fully saturated rings. The molecule has 18 heavy (non-hydrogen) atoms. The van der Waals surface area contributed by atoms with Crippen molar-refractivity contribution in [3.05, 3.63) is 11.3 Å². The van der Waals surface area contributed by atoms with Crippen LogP contribution in [0.2, 0.25) is 0 Å². The lowest BCUT2D eigenvalue weighted by Crippen LogP contribution is -2.26. The lowest BCUT2D eigenvalue weighted by molar-refractivity contribution is 0.197. The van der Waals surface area contributed by atoms with E-state index in [4.69, 9.17) is 5.11 Å². The summed E-state index contributed by atoms with van der Waals surface area (Å²) in [5.41, 5.74) is 2.30. The molecule has 0 atom stereocenters. The van der Waals surface area contributed by atoms with Crippen molar-refractivity contribution in [3.63, 3.8) is 0 Å². The summed E-state index contributed by atoms with van der Waals surface area (Å²) in [5, 5.41) is 17.0. The van der Waals surface area contributed by atoms with Gasteiger partial charge in [-0.05, 0) is 19.9 Å². The predicted octanol–water partition coefficient (Wildman–Crippen LogP) is 1.36.